The van der Waals surface area contributed by atoms with Crippen LogP contribution in [0.15, 0.2) is 16.6 Å². The number of nitrogens with zero attached hydrogens (tertiary/aromatic N) is 1. The minimum Gasteiger partial charge on any atom is -0.467 e. The van der Waals surface area contributed by atoms with Gasteiger partial charge in [-0.25, -0.2) is 4.79 Å². The standard InChI is InChI=1S/C13H17BrN2O4/c1-7(2)12(13(17)20-4)15-10-5-8(3)11(16(18)19)6-9(10)14/h5-7,12,15H,1-4H3. The van der Waals surface area contributed by atoms with Crippen LogP contribution in [-0.2, 0) is 9.53 Å². The molecule has 0 heterocycles. The third kappa shape index (κ3) is 3.69. The number of ether oxygens (including phenoxy) is 1. The van der Waals surface area contributed by atoms with Crippen molar-refractivity contribution in [3.05, 3.63) is 32.3 Å². The Labute approximate surface area is 125 Å². The molecule has 0 saturated carbocycles. The van der Waals surface area contributed by atoms with Gasteiger partial charge >= 0.3 is 5.97 Å². The van der Waals surface area contributed by atoms with Gasteiger partial charge in [0.2, 0.25) is 0 Å². The van der Waals surface area contributed by atoms with Gasteiger partial charge in [0.25, 0.3) is 5.69 Å². The van der Waals surface area contributed by atoms with Crippen LogP contribution < -0.4 is 5.32 Å². The predicted octanol–water partition coefficient (Wildman–Crippen LogP) is 3.28. The van der Waals surface area contributed by atoms with Gasteiger partial charge in [-0.3, -0.25) is 10.1 Å². The maximum Gasteiger partial charge on any atom is 0.328 e. The van der Waals surface area contributed by atoms with E-state index in [0.29, 0.717) is 15.7 Å². The Kier molecular flexibility index (Phi) is 5.50. The Morgan fingerprint density at radius 3 is 2.50 bits per heavy atom. The number of carbonyl (C=O) groups excluding carboxylic acids is 1. The van der Waals surface area contributed by atoms with Crippen molar-refractivity contribution in [1.29, 1.82) is 0 Å². The number of hydrogen-bond acceptors (Lipinski definition) is 5. The number of nitro groups is 1. The van der Waals surface area contributed by atoms with Gasteiger partial charge in [0, 0.05) is 21.8 Å². The highest BCUT2D eigenvalue weighted by molar-refractivity contribution is 9.10. The fourth-order valence-corrected chi connectivity index (χ4v) is 2.22. The molecule has 0 spiro atoms. The molecule has 0 aromatic heterocycles. The second-order valence-corrected chi connectivity index (χ2v) is 5.62. The molecule has 0 aliphatic heterocycles. The molecule has 1 aromatic rings. The summed E-state index contributed by atoms with van der Waals surface area (Å²) in [5, 5.41) is 13.9. The molecule has 7 heteroatoms. The van der Waals surface area contributed by atoms with Crippen molar-refractivity contribution in [3.8, 4) is 0 Å². The molecule has 1 unspecified atom stereocenters. The molecule has 110 valence electrons. The summed E-state index contributed by atoms with van der Waals surface area (Å²) in [6, 6.07) is 2.55. The fraction of sp³-hybridized carbons (Fsp3) is 0.462. The highest BCUT2D eigenvalue weighted by Crippen LogP contribution is 2.31. The van der Waals surface area contributed by atoms with Crippen LogP contribution in [0.5, 0.6) is 0 Å². The molecule has 0 saturated heterocycles. The molecule has 0 bridgehead atoms. The van der Waals surface area contributed by atoms with E-state index in [2.05, 4.69) is 21.2 Å². The van der Waals surface area contributed by atoms with Gasteiger partial charge in [0.05, 0.1) is 12.0 Å². The van der Waals surface area contributed by atoms with Crippen molar-refractivity contribution < 1.29 is 14.5 Å². The van der Waals surface area contributed by atoms with Crippen molar-refractivity contribution >= 4 is 33.3 Å². The van der Waals surface area contributed by atoms with Gasteiger partial charge in [-0.1, -0.05) is 13.8 Å². The number of anilines is 1. The summed E-state index contributed by atoms with van der Waals surface area (Å²) in [7, 11) is 1.33. The summed E-state index contributed by atoms with van der Waals surface area (Å²) in [6.45, 7) is 5.43. The fourth-order valence-electron chi connectivity index (χ4n) is 1.77. The summed E-state index contributed by atoms with van der Waals surface area (Å²) in [6.07, 6.45) is 0. The summed E-state index contributed by atoms with van der Waals surface area (Å²) >= 11 is 3.28. The lowest BCUT2D eigenvalue weighted by atomic mass is 10.0. The van der Waals surface area contributed by atoms with Crippen LogP contribution in [0.2, 0.25) is 0 Å². The van der Waals surface area contributed by atoms with E-state index in [1.54, 1.807) is 13.0 Å². The lowest BCUT2D eigenvalue weighted by Crippen LogP contribution is -2.35. The van der Waals surface area contributed by atoms with Crippen LogP contribution in [0, 0.1) is 23.0 Å². The minimum atomic E-state index is -0.517. The zero-order valence-corrected chi connectivity index (χ0v) is 13.4. The third-order valence-corrected chi connectivity index (χ3v) is 3.57. The second kappa shape index (κ2) is 6.69. The Balaban J connectivity index is 3.11. The maximum atomic E-state index is 11.7. The molecule has 0 fully saturated rings. The molecule has 20 heavy (non-hydrogen) atoms. The van der Waals surface area contributed by atoms with E-state index in [1.165, 1.54) is 13.2 Å². The number of hydrogen-bond donors (Lipinski definition) is 1. The first kappa shape index (κ1) is 16.4. The van der Waals surface area contributed by atoms with Gasteiger partial charge in [-0.2, -0.15) is 0 Å². The van der Waals surface area contributed by atoms with Gasteiger partial charge in [-0.05, 0) is 34.8 Å². The smallest absolute Gasteiger partial charge is 0.328 e. The van der Waals surface area contributed by atoms with Crippen molar-refractivity contribution in [1.82, 2.24) is 0 Å². The molecule has 1 atom stereocenters. The molecule has 6 nitrogen and oxygen atoms in total. The molecule has 0 amide bonds. The Hall–Kier alpha value is -1.63. The van der Waals surface area contributed by atoms with Crippen LogP contribution in [0.4, 0.5) is 11.4 Å². The monoisotopic (exact) mass is 344 g/mol. The molecule has 0 aliphatic carbocycles. The van der Waals surface area contributed by atoms with E-state index in [9.17, 15) is 14.9 Å². The minimum absolute atomic E-state index is 0.0184. The predicted molar refractivity (Wildman–Crippen MR) is 79.8 cm³/mol. The van der Waals surface area contributed by atoms with E-state index < -0.39 is 11.0 Å². The van der Waals surface area contributed by atoms with E-state index in [4.69, 9.17) is 4.74 Å². The largest absolute Gasteiger partial charge is 0.467 e. The number of aryl methyl sites for hydroxylation is 1. The van der Waals surface area contributed by atoms with E-state index in [-0.39, 0.29) is 17.6 Å². The normalized spacial score (nSPS) is 12.1. The summed E-state index contributed by atoms with van der Waals surface area (Å²) in [5.41, 5.74) is 1.17. The van der Waals surface area contributed by atoms with Crippen LogP contribution in [0.25, 0.3) is 0 Å². The van der Waals surface area contributed by atoms with Gasteiger partial charge in [0.1, 0.15) is 6.04 Å². The molecule has 0 aliphatic rings. The molecule has 1 aromatic carbocycles. The molecular weight excluding hydrogens is 328 g/mol. The van der Waals surface area contributed by atoms with Crippen LogP contribution in [0.1, 0.15) is 19.4 Å². The van der Waals surface area contributed by atoms with Gasteiger partial charge < -0.3 is 10.1 Å². The van der Waals surface area contributed by atoms with Crippen LogP contribution in [0.3, 0.4) is 0 Å². The summed E-state index contributed by atoms with van der Waals surface area (Å²) < 4.78 is 5.28. The molecule has 0 radical (unpaired) electrons. The number of carbonyl (C=O) groups is 1. The Morgan fingerprint density at radius 2 is 2.05 bits per heavy atom. The highest BCUT2D eigenvalue weighted by atomic mass is 79.9. The number of rotatable bonds is 5. The van der Waals surface area contributed by atoms with Gasteiger partial charge in [0.15, 0.2) is 0 Å². The van der Waals surface area contributed by atoms with Crippen molar-refractivity contribution in [2.45, 2.75) is 26.8 Å². The lowest BCUT2D eigenvalue weighted by Gasteiger charge is -2.22. The van der Waals surface area contributed by atoms with E-state index in [0.717, 1.165) is 0 Å². The first-order valence-electron chi connectivity index (χ1n) is 6.06. The molecule has 1 N–H and O–H groups in total. The van der Waals surface area contributed by atoms with Gasteiger partial charge in [-0.15, -0.1) is 0 Å². The zero-order chi connectivity index (χ0) is 15.4. The summed E-state index contributed by atoms with van der Waals surface area (Å²) in [4.78, 5) is 22.1. The number of nitrogens with one attached hydrogen (secondary N) is 1. The third-order valence-electron chi connectivity index (χ3n) is 2.92. The molecular formula is C13H17BrN2O4. The quantitative estimate of drug-likeness (QED) is 0.503. The van der Waals surface area contributed by atoms with Crippen molar-refractivity contribution in [2.75, 3.05) is 12.4 Å². The van der Waals surface area contributed by atoms with Crippen LogP contribution in [-0.4, -0.2) is 24.0 Å². The number of esters is 1. The van der Waals surface area contributed by atoms with Crippen molar-refractivity contribution in [2.24, 2.45) is 5.92 Å². The highest BCUT2D eigenvalue weighted by Gasteiger charge is 2.24. The average molecular weight is 345 g/mol. The van der Waals surface area contributed by atoms with E-state index in [1.807, 2.05) is 13.8 Å². The Morgan fingerprint density at radius 1 is 1.45 bits per heavy atom. The number of benzene rings is 1. The second-order valence-electron chi connectivity index (χ2n) is 4.76. The van der Waals surface area contributed by atoms with E-state index >= 15 is 0 Å². The molecule has 1 rings (SSSR count). The lowest BCUT2D eigenvalue weighted by molar-refractivity contribution is -0.385. The Bertz CT molecular complexity index is 531. The average Bonchev–Trinajstić information content (AvgIpc) is 2.37. The first-order chi connectivity index (χ1) is 9.27. The van der Waals surface area contributed by atoms with Crippen LogP contribution >= 0.6 is 15.9 Å². The summed E-state index contributed by atoms with van der Waals surface area (Å²) in [5.74, 6) is -0.354. The maximum absolute atomic E-state index is 11.7. The van der Waals surface area contributed by atoms with Crippen molar-refractivity contribution in [3.63, 3.8) is 0 Å². The number of halogens is 1. The topological polar surface area (TPSA) is 81.5 Å². The SMILES string of the molecule is COC(=O)C(Nc1cc(C)c([N+](=O)[O-])cc1Br)C(C)C. The zero-order valence-electron chi connectivity index (χ0n) is 11.8. The number of nitro benzene ring substituents is 1. The number of methoxy groups -OCH3 is 1. The first-order valence-corrected chi connectivity index (χ1v) is 6.86.